The number of piperidine rings is 2. The lowest BCUT2D eigenvalue weighted by atomic mass is 9.94. The second-order valence-corrected chi connectivity index (χ2v) is 8.78. The van der Waals surface area contributed by atoms with Crippen molar-refractivity contribution in [2.75, 3.05) is 44.2 Å². The van der Waals surface area contributed by atoms with E-state index in [0.29, 0.717) is 6.54 Å². The van der Waals surface area contributed by atoms with Gasteiger partial charge in [0.25, 0.3) is 0 Å². The second kappa shape index (κ2) is 9.64. The van der Waals surface area contributed by atoms with E-state index in [2.05, 4.69) is 14.8 Å². The quantitative estimate of drug-likeness (QED) is 0.731. The smallest absolute Gasteiger partial charge is 0.410 e. The molecule has 2 atom stereocenters. The number of aliphatic carboxylic acids is 1. The minimum Gasteiger partial charge on any atom is -0.481 e. The number of nitrogens with zero attached hydrogens (tertiary/aromatic N) is 4. The molecule has 2 unspecified atom stereocenters. The number of carbonyl (C=O) groups excluding carboxylic acids is 1. The van der Waals surface area contributed by atoms with Crippen LogP contribution in [0.5, 0.6) is 0 Å². The highest BCUT2D eigenvalue weighted by atomic mass is 16.6. The number of ether oxygens (including phenoxy) is 1. The van der Waals surface area contributed by atoms with Gasteiger partial charge in [0.05, 0.1) is 6.54 Å². The molecule has 164 valence electrons. The van der Waals surface area contributed by atoms with Crippen LogP contribution in [0.1, 0.15) is 38.5 Å². The first-order chi connectivity index (χ1) is 14.6. The number of hydrogen-bond donors (Lipinski definition) is 1. The maximum atomic E-state index is 12.5. The maximum Gasteiger partial charge on any atom is 0.410 e. The summed E-state index contributed by atoms with van der Waals surface area (Å²) in [6, 6.07) is 4.31. The van der Waals surface area contributed by atoms with Crippen molar-refractivity contribution in [1.29, 1.82) is 0 Å². The Morgan fingerprint density at radius 1 is 1.13 bits per heavy atom. The number of cyclic esters (lactones) is 1. The summed E-state index contributed by atoms with van der Waals surface area (Å²) in [6.07, 6.45) is 8.41. The number of anilines is 1. The third-order valence-electron chi connectivity index (χ3n) is 6.67. The van der Waals surface area contributed by atoms with Crippen molar-refractivity contribution in [2.24, 2.45) is 5.92 Å². The minimum atomic E-state index is -0.711. The van der Waals surface area contributed by atoms with Gasteiger partial charge in [-0.1, -0.05) is 0 Å². The molecule has 0 saturated carbocycles. The zero-order valence-corrected chi connectivity index (χ0v) is 17.5. The molecule has 1 N–H and O–H groups in total. The van der Waals surface area contributed by atoms with Crippen LogP contribution >= 0.6 is 0 Å². The Labute approximate surface area is 177 Å². The summed E-state index contributed by atoms with van der Waals surface area (Å²) in [5, 5.41) is 9.03. The Bertz CT molecular complexity index is 723. The fourth-order valence-corrected chi connectivity index (χ4v) is 5.07. The highest BCUT2D eigenvalue weighted by molar-refractivity contribution is 5.70. The lowest BCUT2D eigenvalue weighted by Crippen LogP contribution is -2.45. The molecule has 3 aliphatic rings. The number of hydrogen-bond acceptors (Lipinski definition) is 6. The van der Waals surface area contributed by atoms with Crippen LogP contribution < -0.4 is 4.90 Å². The predicted octanol–water partition coefficient (Wildman–Crippen LogP) is 2.45. The van der Waals surface area contributed by atoms with E-state index >= 15 is 0 Å². The summed E-state index contributed by atoms with van der Waals surface area (Å²) in [5.41, 5.74) is 1.19. The largest absolute Gasteiger partial charge is 0.481 e. The molecule has 1 amide bonds. The lowest BCUT2D eigenvalue weighted by Gasteiger charge is -2.36. The summed E-state index contributed by atoms with van der Waals surface area (Å²) in [4.78, 5) is 34.1. The third kappa shape index (κ3) is 5.22. The number of likely N-dealkylation sites (tertiary alicyclic amines) is 1. The maximum absolute atomic E-state index is 12.5. The number of carboxylic acids is 1. The van der Waals surface area contributed by atoms with Gasteiger partial charge in [0.1, 0.15) is 6.10 Å². The lowest BCUT2D eigenvalue weighted by molar-refractivity contribution is -0.138. The van der Waals surface area contributed by atoms with Gasteiger partial charge >= 0.3 is 12.1 Å². The fraction of sp³-hybridized carbons (Fsp3) is 0.682. The molecule has 8 heteroatoms. The fourth-order valence-electron chi connectivity index (χ4n) is 5.07. The Balaban J connectivity index is 1.21. The van der Waals surface area contributed by atoms with Gasteiger partial charge in [-0.3, -0.25) is 9.78 Å². The number of amides is 1. The zero-order chi connectivity index (χ0) is 20.9. The van der Waals surface area contributed by atoms with Crippen LogP contribution in [0.3, 0.4) is 0 Å². The van der Waals surface area contributed by atoms with Crippen LogP contribution in [0.25, 0.3) is 0 Å². The molecule has 3 aliphatic heterocycles. The Morgan fingerprint density at radius 2 is 1.90 bits per heavy atom. The number of carbonyl (C=O) groups is 2. The molecule has 0 spiro atoms. The number of pyridine rings is 1. The van der Waals surface area contributed by atoms with Crippen LogP contribution in [-0.2, 0) is 9.53 Å². The zero-order valence-electron chi connectivity index (χ0n) is 17.5. The summed E-state index contributed by atoms with van der Waals surface area (Å²) in [7, 11) is 0. The first-order valence-electron chi connectivity index (χ1n) is 11.1. The molecule has 1 aromatic heterocycles. The molecule has 1 aromatic rings. The number of carboxylic acid groups (broad SMARTS) is 1. The molecular weight excluding hydrogens is 384 g/mol. The van der Waals surface area contributed by atoms with E-state index in [-0.39, 0.29) is 30.6 Å². The van der Waals surface area contributed by atoms with Crippen LogP contribution in [-0.4, -0.2) is 83.4 Å². The SMILES string of the molecule is O=C(O)CC1CCCN(CCC2CN(C3CCN(c4ccncc4)CC3)C(=O)O2)C1. The molecule has 0 aromatic carbocycles. The van der Waals surface area contributed by atoms with E-state index in [1.807, 2.05) is 29.4 Å². The number of rotatable bonds is 7. The van der Waals surface area contributed by atoms with E-state index in [4.69, 9.17) is 9.84 Å². The molecule has 4 rings (SSSR count). The van der Waals surface area contributed by atoms with Crippen molar-refractivity contribution >= 4 is 17.7 Å². The van der Waals surface area contributed by atoms with Gasteiger partial charge in [-0.05, 0) is 56.7 Å². The van der Waals surface area contributed by atoms with E-state index in [1.54, 1.807) is 0 Å². The first-order valence-corrected chi connectivity index (χ1v) is 11.1. The second-order valence-electron chi connectivity index (χ2n) is 8.78. The van der Waals surface area contributed by atoms with Crippen molar-refractivity contribution in [3.8, 4) is 0 Å². The van der Waals surface area contributed by atoms with Crippen molar-refractivity contribution in [1.82, 2.24) is 14.8 Å². The highest BCUT2D eigenvalue weighted by Gasteiger charge is 2.37. The van der Waals surface area contributed by atoms with Crippen molar-refractivity contribution in [2.45, 2.75) is 50.7 Å². The Hall–Kier alpha value is -2.35. The van der Waals surface area contributed by atoms with Gasteiger partial charge < -0.3 is 24.5 Å². The standard InChI is InChI=1S/C22H32N4O4/c27-21(28)14-17-2-1-10-24(15-17)11-7-20-16-26(22(29)30-20)19-5-12-25(13-6-19)18-3-8-23-9-4-18/h3-4,8-9,17,19-20H,1-2,5-7,10-16H2,(H,27,28). The monoisotopic (exact) mass is 416 g/mol. The van der Waals surface area contributed by atoms with Crippen LogP contribution in [0, 0.1) is 5.92 Å². The molecule has 8 nitrogen and oxygen atoms in total. The van der Waals surface area contributed by atoms with Crippen molar-refractivity contribution in [3.63, 3.8) is 0 Å². The minimum absolute atomic E-state index is 0.0597. The average molecular weight is 417 g/mol. The Morgan fingerprint density at radius 3 is 2.63 bits per heavy atom. The molecule has 0 bridgehead atoms. The molecule has 4 heterocycles. The van der Waals surface area contributed by atoms with Gasteiger partial charge in [-0.15, -0.1) is 0 Å². The Kier molecular flexibility index (Phi) is 6.72. The summed E-state index contributed by atoms with van der Waals surface area (Å²) in [5.74, 6) is -0.471. The molecule has 0 radical (unpaired) electrons. The molecule has 30 heavy (non-hydrogen) atoms. The molecule has 3 fully saturated rings. The van der Waals surface area contributed by atoms with Gasteiger partial charge in [0, 0.05) is 56.7 Å². The molecular formula is C22H32N4O4. The topological polar surface area (TPSA) is 86.2 Å². The van der Waals surface area contributed by atoms with E-state index < -0.39 is 5.97 Å². The normalized spacial score (nSPS) is 26.1. The van der Waals surface area contributed by atoms with Gasteiger partial charge in [-0.25, -0.2) is 4.79 Å². The predicted molar refractivity (Wildman–Crippen MR) is 112 cm³/mol. The first kappa shape index (κ1) is 20.9. The highest BCUT2D eigenvalue weighted by Crippen LogP contribution is 2.27. The third-order valence-corrected chi connectivity index (χ3v) is 6.67. The summed E-state index contributed by atoms with van der Waals surface area (Å²) < 4.78 is 5.67. The van der Waals surface area contributed by atoms with Crippen LogP contribution in [0.2, 0.25) is 0 Å². The van der Waals surface area contributed by atoms with Gasteiger partial charge in [0.15, 0.2) is 0 Å². The van der Waals surface area contributed by atoms with Gasteiger partial charge in [0.2, 0.25) is 0 Å². The van der Waals surface area contributed by atoms with E-state index in [9.17, 15) is 9.59 Å². The molecule has 0 aliphatic carbocycles. The van der Waals surface area contributed by atoms with Crippen LogP contribution in [0.4, 0.5) is 10.5 Å². The average Bonchev–Trinajstić information content (AvgIpc) is 3.13. The molecule has 3 saturated heterocycles. The summed E-state index contributed by atoms with van der Waals surface area (Å²) >= 11 is 0. The number of aromatic nitrogens is 1. The van der Waals surface area contributed by atoms with Gasteiger partial charge in [-0.2, -0.15) is 0 Å². The van der Waals surface area contributed by atoms with E-state index in [1.165, 1.54) is 5.69 Å². The summed E-state index contributed by atoms with van der Waals surface area (Å²) in [6.45, 7) is 5.25. The van der Waals surface area contributed by atoms with Crippen LogP contribution in [0.15, 0.2) is 24.5 Å². The van der Waals surface area contributed by atoms with Crippen molar-refractivity contribution < 1.29 is 19.4 Å². The van der Waals surface area contributed by atoms with Crippen molar-refractivity contribution in [3.05, 3.63) is 24.5 Å². The van der Waals surface area contributed by atoms with E-state index in [0.717, 1.165) is 64.8 Å².